The van der Waals surface area contributed by atoms with Gasteiger partial charge < -0.3 is 4.98 Å². The maximum atomic E-state index is 11.8. The molecule has 0 aliphatic rings. The maximum Gasteiger partial charge on any atom is 0.268 e. The summed E-state index contributed by atoms with van der Waals surface area (Å²) < 4.78 is 1.60. The summed E-state index contributed by atoms with van der Waals surface area (Å²) in [7, 11) is 0. The van der Waals surface area contributed by atoms with E-state index in [2.05, 4.69) is 9.97 Å². The largest absolute Gasteiger partial charge is 0.308 e. The minimum atomic E-state index is -0.150. The number of fused-ring (bicyclic) bond motifs is 3. The standard InChI is InChI=1S/C11H6Cl2N2OS/c12-4-8-14-9-6-3-5(13)1-2-7(6)17-10(9)11(16)15-8/h1-3H,4H2,(H,14,15,16). The molecule has 3 rings (SSSR count). The molecule has 86 valence electrons. The minimum Gasteiger partial charge on any atom is -0.308 e. The van der Waals surface area contributed by atoms with Crippen molar-refractivity contribution in [2.75, 3.05) is 0 Å². The highest BCUT2D eigenvalue weighted by Crippen LogP contribution is 2.32. The summed E-state index contributed by atoms with van der Waals surface area (Å²) in [5.74, 6) is 0.659. The fourth-order valence-electron chi connectivity index (χ4n) is 1.74. The fraction of sp³-hybridized carbons (Fsp3) is 0.0909. The second-order valence-corrected chi connectivity index (χ2v) is 5.32. The number of hydrogen-bond donors (Lipinski definition) is 1. The van der Waals surface area contributed by atoms with Gasteiger partial charge in [-0.05, 0) is 18.2 Å². The van der Waals surface area contributed by atoms with Gasteiger partial charge in [0.2, 0.25) is 0 Å². The van der Waals surface area contributed by atoms with E-state index in [0.29, 0.717) is 21.1 Å². The van der Waals surface area contributed by atoms with Crippen molar-refractivity contribution in [2.24, 2.45) is 0 Å². The number of rotatable bonds is 1. The van der Waals surface area contributed by atoms with E-state index < -0.39 is 0 Å². The molecule has 0 unspecified atom stereocenters. The predicted octanol–water partition coefficient (Wildman–Crippen LogP) is 3.53. The van der Waals surface area contributed by atoms with Gasteiger partial charge in [-0.2, -0.15) is 0 Å². The van der Waals surface area contributed by atoms with Gasteiger partial charge in [0.05, 0.1) is 11.4 Å². The second kappa shape index (κ2) is 3.98. The molecule has 17 heavy (non-hydrogen) atoms. The first-order valence-corrected chi connectivity index (χ1v) is 6.59. The van der Waals surface area contributed by atoms with Gasteiger partial charge in [0.1, 0.15) is 10.5 Å². The molecule has 1 aromatic carbocycles. The third-order valence-electron chi connectivity index (χ3n) is 2.46. The molecule has 0 bridgehead atoms. The molecule has 2 heterocycles. The van der Waals surface area contributed by atoms with Crippen molar-refractivity contribution in [2.45, 2.75) is 5.88 Å². The molecular weight excluding hydrogens is 279 g/mol. The molecule has 0 saturated heterocycles. The van der Waals surface area contributed by atoms with E-state index in [1.807, 2.05) is 12.1 Å². The van der Waals surface area contributed by atoms with Crippen molar-refractivity contribution >= 4 is 54.8 Å². The Hall–Kier alpha value is -1.10. The summed E-state index contributed by atoms with van der Waals surface area (Å²) in [6, 6.07) is 5.51. The highest BCUT2D eigenvalue weighted by Gasteiger charge is 2.11. The Morgan fingerprint density at radius 1 is 1.41 bits per heavy atom. The Balaban J connectivity index is 2.54. The van der Waals surface area contributed by atoms with Gasteiger partial charge in [-0.15, -0.1) is 22.9 Å². The summed E-state index contributed by atoms with van der Waals surface area (Å²) >= 11 is 13.1. The normalized spacial score (nSPS) is 11.4. The van der Waals surface area contributed by atoms with E-state index in [4.69, 9.17) is 23.2 Å². The average molecular weight is 285 g/mol. The average Bonchev–Trinajstić information content (AvgIpc) is 2.68. The summed E-state index contributed by atoms with van der Waals surface area (Å²) in [6.07, 6.45) is 0. The third-order valence-corrected chi connectivity index (χ3v) is 4.11. The second-order valence-electron chi connectivity index (χ2n) is 3.57. The molecule has 3 aromatic rings. The molecule has 0 fully saturated rings. The SMILES string of the molecule is O=c1[nH]c(CCl)nc2c1sc1ccc(Cl)cc12. The summed E-state index contributed by atoms with van der Waals surface area (Å²) in [4.78, 5) is 18.8. The number of nitrogens with zero attached hydrogens (tertiary/aromatic N) is 1. The smallest absolute Gasteiger partial charge is 0.268 e. The van der Waals surface area contributed by atoms with Gasteiger partial charge in [-0.1, -0.05) is 11.6 Å². The first-order valence-electron chi connectivity index (χ1n) is 4.86. The van der Waals surface area contributed by atoms with Gasteiger partial charge in [0, 0.05) is 15.1 Å². The van der Waals surface area contributed by atoms with Gasteiger partial charge >= 0.3 is 0 Å². The van der Waals surface area contributed by atoms with Crippen LogP contribution in [0.2, 0.25) is 5.02 Å². The molecule has 0 aliphatic heterocycles. The minimum absolute atomic E-state index is 0.150. The lowest BCUT2D eigenvalue weighted by atomic mass is 10.2. The third kappa shape index (κ3) is 1.73. The molecule has 0 atom stereocenters. The van der Waals surface area contributed by atoms with E-state index in [0.717, 1.165) is 10.1 Å². The Labute approximate surface area is 110 Å². The number of alkyl halides is 1. The van der Waals surface area contributed by atoms with Crippen LogP contribution < -0.4 is 5.56 Å². The Kier molecular flexibility index (Phi) is 2.58. The van der Waals surface area contributed by atoms with Crippen LogP contribution in [0.3, 0.4) is 0 Å². The first kappa shape index (κ1) is 11.0. The molecule has 0 saturated carbocycles. The zero-order chi connectivity index (χ0) is 12.0. The Bertz CT molecular complexity index is 778. The summed E-state index contributed by atoms with van der Waals surface area (Å²) in [5.41, 5.74) is 0.523. The monoisotopic (exact) mass is 284 g/mol. The molecule has 1 N–H and O–H groups in total. The zero-order valence-corrected chi connectivity index (χ0v) is 10.8. The lowest BCUT2D eigenvalue weighted by molar-refractivity contribution is 1.04. The zero-order valence-electron chi connectivity index (χ0n) is 8.46. The van der Waals surface area contributed by atoms with Gasteiger partial charge in [-0.25, -0.2) is 4.98 Å². The number of H-pyrrole nitrogens is 1. The highest BCUT2D eigenvalue weighted by molar-refractivity contribution is 7.25. The molecule has 3 nitrogen and oxygen atoms in total. The number of aromatic nitrogens is 2. The van der Waals surface area contributed by atoms with Crippen LogP contribution in [-0.4, -0.2) is 9.97 Å². The quantitative estimate of drug-likeness (QED) is 0.695. The first-order chi connectivity index (χ1) is 8.19. The lowest BCUT2D eigenvalue weighted by Crippen LogP contribution is -2.08. The van der Waals surface area contributed by atoms with Gasteiger partial charge in [0.15, 0.2) is 0 Å². The van der Waals surface area contributed by atoms with Crippen molar-refractivity contribution in [3.05, 3.63) is 39.4 Å². The maximum absolute atomic E-state index is 11.8. The van der Waals surface area contributed by atoms with Crippen molar-refractivity contribution in [3.63, 3.8) is 0 Å². The van der Waals surface area contributed by atoms with E-state index in [1.54, 1.807) is 6.07 Å². The number of hydrogen-bond acceptors (Lipinski definition) is 3. The number of halogens is 2. The van der Waals surface area contributed by atoms with E-state index in [-0.39, 0.29) is 11.4 Å². The van der Waals surface area contributed by atoms with Crippen molar-refractivity contribution in [1.82, 2.24) is 9.97 Å². The Morgan fingerprint density at radius 2 is 2.24 bits per heavy atom. The number of aromatic amines is 1. The van der Waals surface area contributed by atoms with Crippen LogP contribution in [0.4, 0.5) is 0 Å². The van der Waals surface area contributed by atoms with Gasteiger partial charge in [-0.3, -0.25) is 4.79 Å². The van der Waals surface area contributed by atoms with E-state index in [9.17, 15) is 4.79 Å². The van der Waals surface area contributed by atoms with Crippen LogP contribution in [0.1, 0.15) is 5.82 Å². The van der Waals surface area contributed by atoms with Crippen LogP contribution in [-0.2, 0) is 5.88 Å². The van der Waals surface area contributed by atoms with Gasteiger partial charge in [0.25, 0.3) is 5.56 Å². The molecule has 0 amide bonds. The van der Waals surface area contributed by atoms with Crippen LogP contribution in [0.15, 0.2) is 23.0 Å². The molecule has 2 aromatic heterocycles. The van der Waals surface area contributed by atoms with Crippen molar-refractivity contribution in [3.8, 4) is 0 Å². The number of benzene rings is 1. The topological polar surface area (TPSA) is 45.8 Å². The van der Waals surface area contributed by atoms with Crippen molar-refractivity contribution in [1.29, 1.82) is 0 Å². The van der Waals surface area contributed by atoms with E-state index >= 15 is 0 Å². The summed E-state index contributed by atoms with van der Waals surface area (Å²) in [6.45, 7) is 0. The van der Waals surface area contributed by atoms with Crippen LogP contribution in [0.5, 0.6) is 0 Å². The highest BCUT2D eigenvalue weighted by atomic mass is 35.5. The lowest BCUT2D eigenvalue weighted by Gasteiger charge is -1.95. The van der Waals surface area contributed by atoms with Crippen LogP contribution in [0.25, 0.3) is 20.3 Å². The molecular formula is C11H6Cl2N2OS. The van der Waals surface area contributed by atoms with Crippen LogP contribution in [0, 0.1) is 0 Å². The molecule has 0 spiro atoms. The van der Waals surface area contributed by atoms with Crippen LogP contribution >= 0.6 is 34.5 Å². The molecule has 0 radical (unpaired) electrons. The molecule has 6 heteroatoms. The van der Waals surface area contributed by atoms with E-state index in [1.165, 1.54) is 11.3 Å². The fourth-order valence-corrected chi connectivity index (χ4v) is 3.05. The predicted molar refractivity (Wildman–Crippen MR) is 72.3 cm³/mol. The Morgan fingerprint density at radius 3 is 3.00 bits per heavy atom. The number of thiophene rings is 1. The summed E-state index contributed by atoms with van der Waals surface area (Å²) in [5, 5.41) is 1.53. The van der Waals surface area contributed by atoms with Crippen molar-refractivity contribution < 1.29 is 0 Å². The molecule has 0 aliphatic carbocycles. The number of nitrogens with one attached hydrogen (secondary N) is 1.